The highest BCUT2D eigenvalue weighted by Gasteiger charge is 2.21. The van der Waals surface area contributed by atoms with E-state index in [-0.39, 0.29) is 0 Å². The number of fused-ring (bicyclic) bond motifs is 7. The van der Waals surface area contributed by atoms with Crippen LogP contribution in [0.1, 0.15) is 0 Å². The van der Waals surface area contributed by atoms with E-state index in [9.17, 15) is 0 Å². The highest BCUT2D eigenvalue weighted by atomic mass is 16.3. The minimum absolute atomic E-state index is 0.681. The molecule has 0 radical (unpaired) electrons. The molecule has 0 saturated heterocycles. The van der Waals surface area contributed by atoms with Crippen molar-refractivity contribution in [3.05, 3.63) is 152 Å². The maximum atomic E-state index is 6.38. The fourth-order valence-electron chi connectivity index (χ4n) is 6.38. The van der Waals surface area contributed by atoms with Gasteiger partial charge in [0.1, 0.15) is 17.0 Å². The molecule has 0 aliphatic carbocycles. The molecule has 0 bridgehead atoms. The third kappa shape index (κ3) is 3.85. The van der Waals surface area contributed by atoms with Gasteiger partial charge in [0, 0.05) is 33.4 Å². The van der Waals surface area contributed by atoms with Gasteiger partial charge in [-0.25, -0.2) is 9.97 Å². The Hall–Kier alpha value is -6.00. The lowest BCUT2D eigenvalue weighted by Crippen LogP contribution is -2.02. The number of furan rings is 1. The van der Waals surface area contributed by atoms with Crippen LogP contribution in [0.4, 0.5) is 0 Å². The van der Waals surface area contributed by atoms with Gasteiger partial charge in [0.25, 0.3) is 0 Å². The Labute approximate surface area is 253 Å². The SMILES string of the molecule is c1ccc(-c2ccc3c4ccc5oc6ccccc6c5c4n(-c4cc(-c5ccccc5)nc(-c5ccccc5)n4)c3c2)cc1. The molecule has 206 valence electrons. The highest BCUT2D eigenvalue weighted by molar-refractivity contribution is 6.24. The summed E-state index contributed by atoms with van der Waals surface area (Å²) in [4.78, 5) is 10.3. The number of aromatic nitrogens is 3. The van der Waals surface area contributed by atoms with Crippen LogP contribution in [0.2, 0.25) is 0 Å². The van der Waals surface area contributed by atoms with Crippen LogP contribution in [0.5, 0.6) is 0 Å². The van der Waals surface area contributed by atoms with Crippen LogP contribution in [-0.4, -0.2) is 14.5 Å². The number of benzene rings is 6. The molecule has 0 amide bonds. The van der Waals surface area contributed by atoms with Crippen LogP contribution in [-0.2, 0) is 0 Å². The second-order valence-electron chi connectivity index (χ2n) is 11.0. The van der Waals surface area contributed by atoms with Gasteiger partial charge in [0.05, 0.1) is 22.1 Å². The Morgan fingerprint density at radius 2 is 1.11 bits per heavy atom. The van der Waals surface area contributed by atoms with E-state index in [1.54, 1.807) is 0 Å². The molecule has 0 aliphatic heterocycles. The van der Waals surface area contributed by atoms with Gasteiger partial charge in [0.2, 0.25) is 0 Å². The van der Waals surface area contributed by atoms with Gasteiger partial charge in [-0.1, -0.05) is 121 Å². The smallest absolute Gasteiger partial charge is 0.162 e. The Balaban J connectivity index is 1.45. The van der Waals surface area contributed by atoms with Crippen LogP contribution in [0.25, 0.3) is 83.3 Å². The molecule has 9 rings (SSSR count). The molecule has 0 saturated carbocycles. The van der Waals surface area contributed by atoms with E-state index < -0.39 is 0 Å². The molecule has 44 heavy (non-hydrogen) atoms. The third-order valence-corrected chi connectivity index (χ3v) is 8.42. The first-order valence-electron chi connectivity index (χ1n) is 14.8. The Bertz CT molecular complexity index is 2420. The van der Waals surface area contributed by atoms with Crippen LogP contribution in [0.15, 0.2) is 156 Å². The van der Waals surface area contributed by atoms with Crippen LogP contribution < -0.4 is 0 Å². The van der Waals surface area contributed by atoms with Crippen molar-refractivity contribution < 1.29 is 4.42 Å². The van der Waals surface area contributed by atoms with E-state index in [0.29, 0.717) is 5.82 Å². The van der Waals surface area contributed by atoms with Gasteiger partial charge in [0.15, 0.2) is 5.82 Å². The zero-order chi connectivity index (χ0) is 29.0. The summed E-state index contributed by atoms with van der Waals surface area (Å²) in [6, 6.07) is 52.4. The second-order valence-corrected chi connectivity index (χ2v) is 11.0. The first-order chi connectivity index (χ1) is 21.8. The average molecular weight is 564 g/mol. The van der Waals surface area contributed by atoms with Crippen molar-refractivity contribution in [3.8, 4) is 39.6 Å². The number of nitrogens with zero attached hydrogens (tertiary/aromatic N) is 3. The van der Waals surface area contributed by atoms with Crippen molar-refractivity contribution in [3.63, 3.8) is 0 Å². The van der Waals surface area contributed by atoms with E-state index in [4.69, 9.17) is 14.4 Å². The number of para-hydroxylation sites is 1. The molecule has 0 unspecified atom stereocenters. The monoisotopic (exact) mass is 563 g/mol. The Morgan fingerprint density at radius 3 is 1.89 bits per heavy atom. The van der Waals surface area contributed by atoms with E-state index in [1.165, 1.54) is 5.56 Å². The van der Waals surface area contributed by atoms with Crippen molar-refractivity contribution in [2.75, 3.05) is 0 Å². The van der Waals surface area contributed by atoms with Gasteiger partial charge >= 0.3 is 0 Å². The van der Waals surface area contributed by atoms with Crippen molar-refractivity contribution in [2.45, 2.75) is 0 Å². The van der Waals surface area contributed by atoms with Crippen LogP contribution >= 0.6 is 0 Å². The molecule has 0 aliphatic rings. The van der Waals surface area contributed by atoms with Crippen molar-refractivity contribution in [2.24, 2.45) is 0 Å². The molecule has 9 aromatic rings. The lowest BCUT2D eigenvalue weighted by atomic mass is 10.0. The third-order valence-electron chi connectivity index (χ3n) is 8.42. The van der Waals surface area contributed by atoms with Crippen LogP contribution in [0, 0.1) is 0 Å². The molecule has 6 aromatic carbocycles. The summed E-state index contributed by atoms with van der Waals surface area (Å²) >= 11 is 0. The summed E-state index contributed by atoms with van der Waals surface area (Å²) in [6.45, 7) is 0. The number of hydrogen-bond acceptors (Lipinski definition) is 3. The van der Waals surface area contributed by atoms with Gasteiger partial charge in [-0.15, -0.1) is 0 Å². The van der Waals surface area contributed by atoms with Crippen LogP contribution in [0.3, 0.4) is 0 Å². The molecule has 3 aromatic heterocycles. The van der Waals surface area contributed by atoms with E-state index in [2.05, 4.69) is 108 Å². The zero-order valence-corrected chi connectivity index (χ0v) is 23.7. The largest absolute Gasteiger partial charge is 0.456 e. The molecule has 0 spiro atoms. The predicted molar refractivity (Wildman–Crippen MR) is 180 cm³/mol. The lowest BCUT2D eigenvalue weighted by molar-refractivity contribution is 0.669. The first kappa shape index (κ1) is 24.6. The standard InChI is InChI=1S/C40H25N3O/c1-4-12-26(13-5-1)29-20-21-30-31-22-23-36-38(32-18-10-11-19-35(32)44-36)39(31)43(34(30)24-29)37-25-33(27-14-6-2-7-15-27)41-40(42-37)28-16-8-3-9-17-28/h1-25H. The fourth-order valence-corrected chi connectivity index (χ4v) is 6.38. The number of hydrogen-bond donors (Lipinski definition) is 0. The molecule has 0 N–H and O–H groups in total. The first-order valence-corrected chi connectivity index (χ1v) is 14.8. The Kier molecular flexibility index (Phi) is 5.47. The molecule has 0 atom stereocenters. The maximum absolute atomic E-state index is 6.38. The molecule has 3 heterocycles. The number of rotatable bonds is 4. The van der Waals surface area contributed by atoms with Gasteiger partial charge < -0.3 is 4.42 Å². The van der Waals surface area contributed by atoms with Crippen molar-refractivity contribution in [1.82, 2.24) is 14.5 Å². The summed E-state index contributed by atoms with van der Waals surface area (Å²) in [5, 5.41) is 4.48. The zero-order valence-electron chi connectivity index (χ0n) is 23.7. The average Bonchev–Trinajstić information content (AvgIpc) is 3.64. The van der Waals surface area contributed by atoms with E-state index in [1.807, 2.05) is 48.5 Å². The molecule has 4 heteroatoms. The van der Waals surface area contributed by atoms with Crippen molar-refractivity contribution in [1.29, 1.82) is 0 Å². The van der Waals surface area contributed by atoms with E-state index in [0.717, 1.165) is 71.9 Å². The maximum Gasteiger partial charge on any atom is 0.162 e. The quantitative estimate of drug-likeness (QED) is 0.214. The van der Waals surface area contributed by atoms with Gasteiger partial charge in [-0.05, 0) is 35.4 Å². The molecule has 0 fully saturated rings. The lowest BCUT2D eigenvalue weighted by Gasteiger charge is -2.13. The summed E-state index contributed by atoms with van der Waals surface area (Å²) < 4.78 is 8.69. The second kappa shape index (κ2) is 9.79. The van der Waals surface area contributed by atoms with Gasteiger partial charge in [-0.3, -0.25) is 4.57 Å². The van der Waals surface area contributed by atoms with E-state index >= 15 is 0 Å². The molecular weight excluding hydrogens is 538 g/mol. The summed E-state index contributed by atoms with van der Waals surface area (Å²) in [5.41, 5.74) is 9.07. The summed E-state index contributed by atoms with van der Waals surface area (Å²) in [7, 11) is 0. The molecular formula is C40H25N3O. The normalized spacial score (nSPS) is 11.6. The predicted octanol–water partition coefficient (Wildman–Crippen LogP) is 10.5. The van der Waals surface area contributed by atoms with Gasteiger partial charge in [-0.2, -0.15) is 0 Å². The Morgan fingerprint density at radius 1 is 0.455 bits per heavy atom. The summed E-state index contributed by atoms with van der Waals surface area (Å²) in [6.07, 6.45) is 0. The molecule has 4 nitrogen and oxygen atoms in total. The topological polar surface area (TPSA) is 43.9 Å². The highest BCUT2D eigenvalue weighted by Crippen LogP contribution is 2.42. The fraction of sp³-hybridized carbons (Fsp3) is 0. The summed E-state index contributed by atoms with van der Waals surface area (Å²) in [5.74, 6) is 1.49. The minimum atomic E-state index is 0.681. The van der Waals surface area contributed by atoms with Crippen molar-refractivity contribution >= 4 is 43.7 Å². The minimum Gasteiger partial charge on any atom is -0.456 e.